The Labute approximate surface area is 171 Å². The molecule has 7 rings (SSSR count). The smallest absolute Gasteiger partial charge is 0.224 e. The first-order valence-electron chi connectivity index (χ1n) is 10.2. The quantitative estimate of drug-likeness (QED) is 0.161. The number of aromatic nitrogens is 2. The number of benzene rings is 4. The van der Waals surface area contributed by atoms with Gasteiger partial charge in [-0.25, -0.2) is 8.96 Å². The summed E-state index contributed by atoms with van der Waals surface area (Å²) < 4.78 is 18.9. The Bertz CT molecular complexity index is 1820. The van der Waals surface area contributed by atoms with Crippen LogP contribution >= 0.6 is 0 Å². The molecule has 0 aliphatic rings. The molecule has 0 unspecified atom stereocenters. The lowest BCUT2D eigenvalue weighted by molar-refractivity contribution is -0.643. The average molecular weight is 389 g/mol. The summed E-state index contributed by atoms with van der Waals surface area (Å²) in [5.41, 5.74) is 5.70. The largest absolute Gasteiger partial charge is 0.307 e. The molecule has 0 saturated heterocycles. The van der Waals surface area contributed by atoms with Gasteiger partial charge in [-0.05, 0) is 52.9 Å². The molecule has 0 saturated carbocycles. The summed E-state index contributed by atoms with van der Waals surface area (Å²) in [6.07, 6.45) is 2.14. The van der Waals surface area contributed by atoms with Gasteiger partial charge in [0.2, 0.25) is 5.52 Å². The highest BCUT2D eigenvalue weighted by atomic mass is 19.1. The lowest BCUT2D eigenvalue weighted by Crippen LogP contribution is -2.28. The molecular formula is C27H18FN2+. The predicted octanol–water partition coefficient (Wildman–Crippen LogP) is 6.42. The zero-order valence-electron chi connectivity index (χ0n) is 16.7. The van der Waals surface area contributed by atoms with E-state index < -0.39 is 0 Å². The first-order valence-corrected chi connectivity index (χ1v) is 10.2. The van der Waals surface area contributed by atoms with Crippen molar-refractivity contribution in [1.82, 2.24) is 4.40 Å². The standard InChI is InChI=1S/C27H18FN2/c1-15-19-6-4-3-5-17(19)13-23-24(15)27-25-16(11-12-29(27)2)7-9-21-20-10-8-18(28)14-22(20)30(23)26(21)25/h3-14H,1-2H3/q+1. The van der Waals surface area contributed by atoms with E-state index >= 15 is 0 Å². The Balaban J connectivity index is 1.98. The lowest BCUT2D eigenvalue weighted by atomic mass is 9.96. The van der Waals surface area contributed by atoms with Crippen LogP contribution in [-0.4, -0.2) is 4.40 Å². The van der Waals surface area contributed by atoms with Gasteiger partial charge in [0, 0.05) is 16.8 Å². The molecule has 0 fully saturated rings. The highest BCUT2D eigenvalue weighted by Crippen LogP contribution is 2.42. The second-order valence-corrected chi connectivity index (χ2v) is 8.31. The van der Waals surface area contributed by atoms with Crippen molar-refractivity contribution >= 4 is 59.8 Å². The molecule has 142 valence electrons. The monoisotopic (exact) mass is 389 g/mol. The molecular weight excluding hydrogens is 371 g/mol. The molecule has 0 aliphatic carbocycles. The van der Waals surface area contributed by atoms with Crippen LogP contribution in [0.4, 0.5) is 4.39 Å². The van der Waals surface area contributed by atoms with Gasteiger partial charge in [0.05, 0.1) is 27.3 Å². The maximum Gasteiger partial charge on any atom is 0.224 e. The molecule has 7 aromatic rings. The summed E-state index contributed by atoms with van der Waals surface area (Å²) in [6, 6.07) is 22.5. The van der Waals surface area contributed by atoms with Gasteiger partial charge in [-0.2, -0.15) is 0 Å². The lowest BCUT2D eigenvalue weighted by Gasteiger charge is -2.14. The van der Waals surface area contributed by atoms with Crippen molar-refractivity contribution in [2.24, 2.45) is 7.05 Å². The van der Waals surface area contributed by atoms with E-state index in [4.69, 9.17) is 0 Å². The van der Waals surface area contributed by atoms with Gasteiger partial charge in [0.1, 0.15) is 12.9 Å². The van der Waals surface area contributed by atoms with E-state index in [0.29, 0.717) is 0 Å². The Morgan fingerprint density at radius 1 is 0.767 bits per heavy atom. The number of hydrogen-bond acceptors (Lipinski definition) is 0. The summed E-state index contributed by atoms with van der Waals surface area (Å²) in [6.45, 7) is 2.21. The molecule has 2 nitrogen and oxygen atoms in total. The number of nitrogens with zero attached hydrogens (tertiary/aromatic N) is 2. The van der Waals surface area contributed by atoms with Gasteiger partial charge in [-0.3, -0.25) is 0 Å². The summed E-state index contributed by atoms with van der Waals surface area (Å²) in [5, 5.41) is 8.38. The van der Waals surface area contributed by atoms with Crippen LogP contribution in [0.25, 0.3) is 59.8 Å². The molecule has 0 bridgehead atoms. The highest BCUT2D eigenvalue weighted by Gasteiger charge is 2.24. The molecule has 0 spiro atoms. The molecule has 30 heavy (non-hydrogen) atoms. The van der Waals surface area contributed by atoms with E-state index in [-0.39, 0.29) is 5.82 Å². The maximum absolute atomic E-state index is 14.4. The van der Waals surface area contributed by atoms with Crippen molar-refractivity contribution < 1.29 is 8.96 Å². The van der Waals surface area contributed by atoms with Gasteiger partial charge in [-0.1, -0.05) is 36.4 Å². The van der Waals surface area contributed by atoms with Crippen molar-refractivity contribution in [2.45, 2.75) is 6.92 Å². The predicted molar refractivity (Wildman–Crippen MR) is 122 cm³/mol. The average Bonchev–Trinajstić information content (AvgIpc) is 3.08. The van der Waals surface area contributed by atoms with Crippen molar-refractivity contribution in [3.63, 3.8) is 0 Å². The number of hydrogen-bond donors (Lipinski definition) is 0. The highest BCUT2D eigenvalue weighted by molar-refractivity contribution is 6.28. The molecule has 0 atom stereocenters. The van der Waals surface area contributed by atoms with Gasteiger partial charge >= 0.3 is 0 Å². The van der Waals surface area contributed by atoms with Crippen molar-refractivity contribution in [2.75, 3.05) is 0 Å². The van der Waals surface area contributed by atoms with E-state index in [9.17, 15) is 4.39 Å². The Morgan fingerprint density at radius 2 is 1.60 bits per heavy atom. The number of pyridine rings is 2. The van der Waals surface area contributed by atoms with Gasteiger partial charge in [-0.15, -0.1) is 0 Å². The second-order valence-electron chi connectivity index (χ2n) is 8.31. The van der Waals surface area contributed by atoms with Crippen LogP contribution in [0.3, 0.4) is 0 Å². The zero-order valence-corrected chi connectivity index (χ0v) is 16.7. The van der Waals surface area contributed by atoms with Crippen LogP contribution in [0.15, 0.2) is 72.9 Å². The first kappa shape index (κ1) is 16.1. The Morgan fingerprint density at radius 3 is 2.50 bits per heavy atom. The van der Waals surface area contributed by atoms with E-state index in [1.807, 2.05) is 6.07 Å². The van der Waals surface area contributed by atoms with Crippen molar-refractivity contribution in [3.05, 3.63) is 84.3 Å². The number of aryl methyl sites for hydroxylation is 2. The van der Waals surface area contributed by atoms with E-state index in [1.165, 1.54) is 48.9 Å². The molecule has 0 amide bonds. The fourth-order valence-electron chi connectivity index (χ4n) is 5.46. The molecule has 0 radical (unpaired) electrons. The van der Waals surface area contributed by atoms with Gasteiger partial charge < -0.3 is 4.40 Å². The molecule has 3 heteroatoms. The maximum atomic E-state index is 14.4. The van der Waals surface area contributed by atoms with Gasteiger partial charge in [0.25, 0.3) is 0 Å². The summed E-state index contributed by atoms with van der Waals surface area (Å²) >= 11 is 0. The number of fused-ring (bicyclic) bond motifs is 7. The van der Waals surface area contributed by atoms with Crippen LogP contribution in [0.2, 0.25) is 0 Å². The fraction of sp³-hybridized carbons (Fsp3) is 0.0741. The van der Waals surface area contributed by atoms with Crippen LogP contribution in [0, 0.1) is 12.7 Å². The normalized spacial score (nSPS) is 12.5. The van der Waals surface area contributed by atoms with Crippen LogP contribution in [0.1, 0.15) is 5.56 Å². The third kappa shape index (κ3) is 1.77. The fourth-order valence-corrected chi connectivity index (χ4v) is 5.46. The molecule has 3 aromatic heterocycles. The topological polar surface area (TPSA) is 8.29 Å². The second kappa shape index (κ2) is 5.25. The van der Waals surface area contributed by atoms with Crippen LogP contribution in [-0.2, 0) is 7.05 Å². The third-order valence-electron chi connectivity index (χ3n) is 6.76. The Hall–Kier alpha value is -3.72. The summed E-state index contributed by atoms with van der Waals surface area (Å²) in [7, 11) is 2.12. The molecule has 0 aliphatic heterocycles. The van der Waals surface area contributed by atoms with E-state index in [0.717, 1.165) is 16.4 Å². The summed E-state index contributed by atoms with van der Waals surface area (Å²) in [5.74, 6) is -0.207. The van der Waals surface area contributed by atoms with Crippen molar-refractivity contribution in [3.8, 4) is 0 Å². The minimum atomic E-state index is -0.207. The number of halogens is 1. The SMILES string of the molecule is Cc1c2ccccc2cc2c1c1c3c(ccc4c5ccc(F)cc5n2c43)cc[n+]1C. The van der Waals surface area contributed by atoms with Crippen LogP contribution < -0.4 is 4.57 Å². The molecule has 4 aromatic carbocycles. The first-order chi connectivity index (χ1) is 14.6. The van der Waals surface area contributed by atoms with Crippen molar-refractivity contribution in [1.29, 1.82) is 0 Å². The third-order valence-corrected chi connectivity index (χ3v) is 6.76. The molecule has 3 heterocycles. The Kier molecular flexibility index (Phi) is 2.82. The van der Waals surface area contributed by atoms with E-state index in [1.54, 1.807) is 12.1 Å². The van der Waals surface area contributed by atoms with Gasteiger partial charge in [0.15, 0.2) is 6.20 Å². The summed E-state index contributed by atoms with van der Waals surface area (Å²) in [4.78, 5) is 0. The minimum Gasteiger partial charge on any atom is -0.307 e. The van der Waals surface area contributed by atoms with Crippen LogP contribution in [0.5, 0.6) is 0 Å². The van der Waals surface area contributed by atoms with E-state index in [2.05, 4.69) is 77.7 Å². The minimum absolute atomic E-state index is 0.207. The zero-order chi connectivity index (χ0) is 20.1. The molecule has 0 N–H and O–H groups in total. The number of rotatable bonds is 0.